The third-order valence-corrected chi connectivity index (χ3v) is 4.93. The lowest BCUT2D eigenvalue weighted by molar-refractivity contribution is 0.110. The molecule has 2 N–H and O–H groups in total. The molecule has 0 radical (unpaired) electrons. The molecule has 160 valence electrons. The van der Waals surface area contributed by atoms with E-state index in [-0.39, 0.29) is 18.2 Å². The van der Waals surface area contributed by atoms with E-state index < -0.39 is 0 Å². The van der Waals surface area contributed by atoms with Gasteiger partial charge in [-0.2, -0.15) is 0 Å². The van der Waals surface area contributed by atoms with Gasteiger partial charge in [-0.3, -0.25) is 4.79 Å². The molecular formula is C25H18ClFN2O3. The molecule has 0 amide bonds. The number of nitrogens with zero attached hydrogens (tertiary/aromatic N) is 1. The van der Waals surface area contributed by atoms with Gasteiger partial charge >= 0.3 is 0 Å². The van der Waals surface area contributed by atoms with Crippen LogP contribution in [0.4, 0.5) is 10.1 Å². The minimum absolute atomic E-state index is 0.188. The number of halogens is 2. The van der Waals surface area contributed by atoms with Gasteiger partial charge < -0.3 is 14.9 Å². The van der Waals surface area contributed by atoms with Crippen molar-refractivity contribution in [3.8, 4) is 17.1 Å². The van der Waals surface area contributed by atoms with E-state index in [1.165, 1.54) is 12.1 Å². The van der Waals surface area contributed by atoms with Crippen molar-refractivity contribution in [1.29, 1.82) is 0 Å². The monoisotopic (exact) mass is 448 g/mol. The van der Waals surface area contributed by atoms with Crippen LogP contribution in [0.15, 0.2) is 88.3 Å². The number of carbonyl (C=O) groups is 1. The fourth-order valence-corrected chi connectivity index (χ4v) is 3.30. The average Bonchev–Trinajstić information content (AvgIpc) is 3.28. The lowest BCUT2D eigenvalue weighted by Crippen LogP contribution is -2.12. The quantitative estimate of drug-likeness (QED) is 0.208. The zero-order valence-corrected chi connectivity index (χ0v) is 17.6. The summed E-state index contributed by atoms with van der Waals surface area (Å²) in [6, 6.07) is 21.9. The molecular weight excluding hydrogens is 431 g/mol. The molecule has 0 aliphatic rings. The number of carbonyl (C=O) groups excluding carboxylic acids is 1. The third-order valence-electron chi connectivity index (χ3n) is 4.63. The second-order valence-corrected chi connectivity index (χ2v) is 7.34. The van der Waals surface area contributed by atoms with Crippen LogP contribution in [0.2, 0.25) is 5.02 Å². The lowest BCUT2D eigenvalue weighted by atomic mass is 10.1. The highest BCUT2D eigenvalue weighted by atomic mass is 35.5. The van der Waals surface area contributed by atoms with Gasteiger partial charge in [0.1, 0.15) is 29.8 Å². The number of benzene rings is 3. The smallest absolute Gasteiger partial charge is 0.185 e. The van der Waals surface area contributed by atoms with Crippen molar-refractivity contribution in [2.45, 2.75) is 6.61 Å². The predicted octanol–water partition coefficient (Wildman–Crippen LogP) is 6.17. The maximum atomic E-state index is 13.3. The summed E-state index contributed by atoms with van der Waals surface area (Å²) in [6.45, 7) is 0.188. The Morgan fingerprint density at radius 3 is 2.66 bits per heavy atom. The summed E-state index contributed by atoms with van der Waals surface area (Å²) in [4.78, 5) is 15.3. The van der Waals surface area contributed by atoms with Crippen molar-refractivity contribution in [3.63, 3.8) is 0 Å². The number of nitrogens with two attached hydrogens (primary N) is 1. The van der Waals surface area contributed by atoms with Gasteiger partial charge in [-0.15, -0.1) is 0 Å². The Morgan fingerprint density at radius 1 is 1.06 bits per heavy atom. The first-order valence-electron chi connectivity index (χ1n) is 9.68. The Balaban J connectivity index is 1.50. The van der Waals surface area contributed by atoms with E-state index >= 15 is 0 Å². The second kappa shape index (κ2) is 9.49. The topological polar surface area (TPSA) is 77.8 Å². The van der Waals surface area contributed by atoms with Crippen LogP contribution >= 0.6 is 11.6 Å². The van der Waals surface area contributed by atoms with Crippen molar-refractivity contribution < 1.29 is 18.3 Å². The van der Waals surface area contributed by atoms with Gasteiger partial charge in [-0.05, 0) is 54.1 Å². The highest BCUT2D eigenvalue weighted by molar-refractivity contribution is 6.32. The van der Waals surface area contributed by atoms with E-state index in [0.29, 0.717) is 45.5 Å². The first-order valence-corrected chi connectivity index (χ1v) is 10.1. The van der Waals surface area contributed by atoms with E-state index in [2.05, 4.69) is 4.99 Å². The van der Waals surface area contributed by atoms with Crippen LogP contribution in [0, 0.1) is 5.82 Å². The third kappa shape index (κ3) is 5.04. The van der Waals surface area contributed by atoms with Crippen LogP contribution in [0.3, 0.4) is 0 Å². The molecule has 0 aliphatic carbocycles. The van der Waals surface area contributed by atoms with E-state index in [1.807, 2.05) is 24.3 Å². The first kappa shape index (κ1) is 21.3. The number of hydrogen-bond donors (Lipinski definition) is 1. The molecule has 0 bridgehead atoms. The van der Waals surface area contributed by atoms with Crippen LogP contribution < -0.4 is 10.5 Å². The summed E-state index contributed by atoms with van der Waals surface area (Å²) in [6.07, 6.45) is 0.651. The summed E-state index contributed by atoms with van der Waals surface area (Å²) in [5.74, 6) is 1.24. The molecule has 3 aromatic carbocycles. The van der Waals surface area contributed by atoms with E-state index in [4.69, 9.17) is 26.5 Å². The van der Waals surface area contributed by atoms with Crippen molar-refractivity contribution >= 4 is 29.4 Å². The Labute approximate surface area is 188 Å². The van der Waals surface area contributed by atoms with Crippen LogP contribution in [0.1, 0.15) is 21.7 Å². The number of furan rings is 1. The average molecular weight is 449 g/mol. The van der Waals surface area contributed by atoms with Crippen molar-refractivity contribution in [2.24, 2.45) is 10.7 Å². The van der Waals surface area contributed by atoms with Gasteiger partial charge in [0, 0.05) is 11.1 Å². The van der Waals surface area contributed by atoms with Crippen LogP contribution in [-0.4, -0.2) is 12.1 Å². The molecule has 0 atom stereocenters. The summed E-state index contributed by atoms with van der Waals surface area (Å²) < 4.78 is 24.4. The number of rotatable bonds is 7. The molecule has 0 saturated heterocycles. The Hall–Kier alpha value is -3.90. The van der Waals surface area contributed by atoms with Crippen LogP contribution in [0.25, 0.3) is 11.3 Å². The van der Waals surface area contributed by atoms with Crippen molar-refractivity contribution in [2.75, 3.05) is 0 Å². The van der Waals surface area contributed by atoms with Crippen LogP contribution in [-0.2, 0) is 6.61 Å². The van der Waals surface area contributed by atoms with Crippen LogP contribution in [0.5, 0.6) is 5.75 Å². The van der Waals surface area contributed by atoms with Gasteiger partial charge in [0.25, 0.3) is 0 Å². The number of aldehydes is 1. The molecule has 0 fully saturated rings. The zero-order valence-electron chi connectivity index (χ0n) is 16.8. The maximum absolute atomic E-state index is 13.3. The lowest BCUT2D eigenvalue weighted by Gasteiger charge is -2.09. The summed E-state index contributed by atoms with van der Waals surface area (Å²) >= 11 is 6.33. The molecule has 0 saturated carbocycles. The molecule has 0 spiro atoms. The Morgan fingerprint density at radius 2 is 1.91 bits per heavy atom. The van der Waals surface area contributed by atoms with Gasteiger partial charge in [0.2, 0.25) is 0 Å². The fourth-order valence-electron chi connectivity index (χ4n) is 3.07. The minimum atomic E-state index is -0.322. The first-order chi connectivity index (χ1) is 15.5. The van der Waals surface area contributed by atoms with E-state index in [0.717, 1.165) is 5.56 Å². The maximum Gasteiger partial charge on any atom is 0.185 e. The predicted molar refractivity (Wildman–Crippen MR) is 122 cm³/mol. The second-order valence-electron chi connectivity index (χ2n) is 6.93. The number of ether oxygens (including phenoxy) is 1. The fraction of sp³-hybridized carbons (Fsp3) is 0.0400. The SMILES string of the molecule is NC(=Nc1ccc(OCc2cccc(F)c2)c(Cl)c1)c1cccc(-c2ccc(C=O)o2)c1. The summed E-state index contributed by atoms with van der Waals surface area (Å²) in [7, 11) is 0. The molecule has 1 aromatic heterocycles. The number of aliphatic imine (C=N–C) groups is 1. The van der Waals surface area contributed by atoms with Gasteiger partial charge in [0.15, 0.2) is 12.0 Å². The minimum Gasteiger partial charge on any atom is -0.487 e. The molecule has 5 nitrogen and oxygen atoms in total. The highest BCUT2D eigenvalue weighted by Gasteiger charge is 2.08. The molecule has 7 heteroatoms. The molecule has 4 rings (SSSR count). The molecule has 4 aromatic rings. The van der Waals surface area contributed by atoms with Gasteiger partial charge in [-0.1, -0.05) is 41.9 Å². The zero-order chi connectivity index (χ0) is 22.5. The van der Waals surface area contributed by atoms with Crippen molar-refractivity contribution in [1.82, 2.24) is 0 Å². The largest absolute Gasteiger partial charge is 0.487 e. The number of amidine groups is 1. The normalized spacial score (nSPS) is 11.4. The van der Waals surface area contributed by atoms with Crippen molar-refractivity contribution in [3.05, 3.63) is 107 Å². The standard InChI is InChI=1S/C25H18ClFN2O3/c26-22-13-20(7-9-24(22)31-15-16-3-1-6-19(27)11-16)29-25(28)18-5-2-4-17(12-18)23-10-8-21(14-30)32-23/h1-14H,15H2,(H2,28,29). The number of hydrogen-bond acceptors (Lipinski definition) is 4. The van der Waals surface area contributed by atoms with Gasteiger partial charge in [-0.25, -0.2) is 9.38 Å². The Bertz CT molecular complexity index is 1300. The molecule has 32 heavy (non-hydrogen) atoms. The highest BCUT2D eigenvalue weighted by Crippen LogP contribution is 2.30. The Kier molecular flexibility index (Phi) is 6.33. The summed E-state index contributed by atoms with van der Waals surface area (Å²) in [5, 5.41) is 0.362. The van der Waals surface area contributed by atoms with E-state index in [9.17, 15) is 9.18 Å². The molecule has 1 heterocycles. The van der Waals surface area contributed by atoms with E-state index in [1.54, 1.807) is 42.5 Å². The van der Waals surface area contributed by atoms with Gasteiger partial charge in [0.05, 0.1) is 10.7 Å². The summed E-state index contributed by atoms with van der Waals surface area (Å²) in [5.41, 5.74) is 8.91. The molecule has 0 unspecified atom stereocenters. The molecule has 0 aliphatic heterocycles.